The smallest absolute Gasteiger partial charge is 0.217 e. The molecule has 0 aliphatic carbocycles. The molecular formula is C18H19N3OS2. The number of hydrogen-bond acceptors (Lipinski definition) is 5. The fraction of sp³-hybridized carbons (Fsp3) is 0.222. The molecular weight excluding hydrogens is 338 g/mol. The number of benzene rings is 1. The van der Waals surface area contributed by atoms with Crippen LogP contribution >= 0.6 is 22.7 Å². The molecule has 124 valence electrons. The zero-order valence-corrected chi connectivity index (χ0v) is 15.0. The number of anilines is 1. The van der Waals surface area contributed by atoms with Crippen molar-refractivity contribution in [3.63, 3.8) is 0 Å². The minimum atomic E-state index is -0.0168. The highest BCUT2D eigenvalue weighted by molar-refractivity contribution is 7.14. The molecule has 3 aromatic rings. The first-order valence-corrected chi connectivity index (χ1v) is 9.52. The number of carbonyl (C=O) groups excluding carboxylic acids is 1. The average Bonchev–Trinajstić information content (AvgIpc) is 3.25. The average molecular weight is 358 g/mol. The van der Waals surface area contributed by atoms with E-state index in [2.05, 4.69) is 38.5 Å². The Hall–Kier alpha value is -2.18. The maximum Gasteiger partial charge on any atom is 0.217 e. The van der Waals surface area contributed by atoms with Crippen LogP contribution in [0.2, 0.25) is 0 Å². The van der Waals surface area contributed by atoms with Gasteiger partial charge in [0.1, 0.15) is 0 Å². The molecule has 2 N–H and O–H groups in total. The van der Waals surface area contributed by atoms with E-state index >= 15 is 0 Å². The topological polar surface area (TPSA) is 54.0 Å². The zero-order valence-electron chi connectivity index (χ0n) is 13.4. The number of rotatable bonds is 7. The van der Waals surface area contributed by atoms with Gasteiger partial charge >= 0.3 is 0 Å². The SMILES string of the molecule is CC(=O)NCc1ccc(-c2csc(NCCc3cccs3)n2)cc1. The molecule has 0 atom stereocenters. The number of amides is 1. The van der Waals surface area contributed by atoms with Crippen molar-refractivity contribution in [3.05, 3.63) is 57.6 Å². The fourth-order valence-corrected chi connectivity index (χ4v) is 3.71. The van der Waals surface area contributed by atoms with Crippen molar-refractivity contribution in [2.75, 3.05) is 11.9 Å². The van der Waals surface area contributed by atoms with Crippen LogP contribution in [0.5, 0.6) is 0 Å². The number of aromatic nitrogens is 1. The van der Waals surface area contributed by atoms with Crippen molar-refractivity contribution >= 4 is 33.7 Å². The fourth-order valence-electron chi connectivity index (χ4n) is 2.25. The van der Waals surface area contributed by atoms with E-state index in [1.165, 1.54) is 11.8 Å². The Kier molecular flexibility index (Phi) is 5.61. The summed E-state index contributed by atoms with van der Waals surface area (Å²) in [6.07, 6.45) is 1.02. The molecule has 1 aromatic carbocycles. The van der Waals surface area contributed by atoms with Crippen molar-refractivity contribution in [1.82, 2.24) is 10.3 Å². The number of thiazole rings is 1. The molecule has 0 fully saturated rings. The molecule has 4 nitrogen and oxygen atoms in total. The van der Waals surface area contributed by atoms with Crippen LogP contribution in [0.15, 0.2) is 47.2 Å². The van der Waals surface area contributed by atoms with Gasteiger partial charge in [-0.15, -0.1) is 22.7 Å². The summed E-state index contributed by atoms with van der Waals surface area (Å²) in [6, 6.07) is 12.4. The van der Waals surface area contributed by atoms with Crippen LogP contribution in [-0.2, 0) is 17.8 Å². The highest BCUT2D eigenvalue weighted by Gasteiger charge is 2.05. The van der Waals surface area contributed by atoms with E-state index in [0.717, 1.165) is 34.9 Å². The molecule has 2 heterocycles. The lowest BCUT2D eigenvalue weighted by Crippen LogP contribution is -2.18. The molecule has 0 bridgehead atoms. The van der Waals surface area contributed by atoms with Crippen molar-refractivity contribution < 1.29 is 4.79 Å². The maximum absolute atomic E-state index is 10.9. The first-order valence-electron chi connectivity index (χ1n) is 7.76. The Morgan fingerprint density at radius 3 is 2.71 bits per heavy atom. The van der Waals surface area contributed by atoms with Gasteiger partial charge in [-0.2, -0.15) is 0 Å². The number of thiophene rings is 1. The summed E-state index contributed by atoms with van der Waals surface area (Å²) >= 11 is 3.41. The molecule has 0 unspecified atom stereocenters. The van der Waals surface area contributed by atoms with Gasteiger partial charge in [-0.05, 0) is 23.4 Å². The Labute approximate surface area is 149 Å². The lowest BCUT2D eigenvalue weighted by atomic mass is 10.1. The van der Waals surface area contributed by atoms with Crippen LogP contribution in [0.4, 0.5) is 5.13 Å². The van der Waals surface area contributed by atoms with E-state index in [1.807, 2.05) is 24.3 Å². The summed E-state index contributed by atoms with van der Waals surface area (Å²) in [7, 11) is 0. The van der Waals surface area contributed by atoms with Crippen molar-refractivity contribution in [2.45, 2.75) is 19.9 Å². The van der Waals surface area contributed by atoms with Crippen LogP contribution in [-0.4, -0.2) is 17.4 Å². The van der Waals surface area contributed by atoms with E-state index in [0.29, 0.717) is 6.54 Å². The molecule has 0 aliphatic heterocycles. The van der Waals surface area contributed by atoms with Crippen LogP contribution < -0.4 is 10.6 Å². The van der Waals surface area contributed by atoms with Gasteiger partial charge in [-0.3, -0.25) is 4.79 Å². The number of nitrogens with zero attached hydrogens (tertiary/aromatic N) is 1. The summed E-state index contributed by atoms with van der Waals surface area (Å²) < 4.78 is 0. The summed E-state index contributed by atoms with van der Waals surface area (Å²) in [5, 5.41) is 11.3. The van der Waals surface area contributed by atoms with Crippen LogP contribution in [0.3, 0.4) is 0 Å². The van der Waals surface area contributed by atoms with Crippen molar-refractivity contribution in [2.24, 2.45) is 0 Å². The zero-order chi connectivity index (χ0) is 16.8. The summed E-state index contributed by atoms with van der Waals surface area (Å²) in [6.45, 7) is 2.97. The maximum atomic E-state index is 10.9. The van der Waals surface area contributed by atoms with Gasteiger partial charge in [-0.25, -0.2) is 4.98 Å². The Bertz CT molecular complexity index is 779. The highest BCUT2D eigenvalue weighted by atomic mass is 32.1. The van der Waals surface area contributed by atoms with E-state index in [4.69, 9.17) is 0 Å². The van der Waals surface area contributed by atoms with Crippen molar-refractivity contribution in [3.8, 4) is 11.3 Å². The van der Waals surface area contributed by atoms with Crippen LogP contribution in [0, 0.1) is 0 Å². The summed E-state index contributed by atoms with van der Waals surface area (Å²) in [5.74, 6) is -0.0168. The predicted octanol–water partition coefficient (Wildman–Crippen LogP) is 4.16. The molecule has 3 rings (SSSR count). The number of hydrogen-bond donors (Lipinski definition) is 2. The normalized spacial score (nSPS) is 10.5. The third-order valence-electron chi connectivity index (χ3n) is 3.52. The molecule has 0 spiro atoms. The second kappa shape index (κ2) is 8.08. The second-order valence-corrected chi connectivity index (χ2v) is 7.29. The highest BCUT2D eigenvalue weighted by Crippen LogP contribution is 2.25. The molecule has 2 aromatic heterocycles. The van der Waals surface area contributed by atoms with Crippen LogP contribution in [0.25, 0.3) is 11.3 Å². The van der Waals surface area contributed by atoms with Crippen LogP contribution in [0.1, 0.15) is 17.4 Å². The van der Waals surface area contributed by atoms with E-state index in [-0.39, 0.29) is 5.91 Å². The first kappa shape index (κ1) is 16.7. The quantitative estimate of drug-likeness (QED) is 0.667. The predicted molar refractivity (Wildman–Crippen MR) is 102 cm³/mol. The van der Waals surface area contributed by atoms with E-state index < -0.39 is 0 Å². The summed E-state index contributed by atoms with van der Waals surface area (Å²) in [5.41, 5.74) is 3.15. The second-order valence-electron chi connectivity index (χ2n) is 5.40. The van der Waals surface area contributed by atoms with Gasteiger partial charge in [-0.1, -0.05) is 30.3 Å². The molecule has 0 aliphatic rings. The Morgan fingerprint density at radius 1 is 1.17 bits per heavy atom. The van der Waals surface area contributed by atoms with E-state index in [1.54, 1.807) is 22.7 Å². The van der Waals surface area contributed by atoms with E-state index in [9.17, 15) is 4.79 Å². The monoisotopic (exact) mass is 357 g/mol. The Balaban J connectivity index is 1.55. The van der Waals surface area contributed by atoms with Gasteiger partial charge in [0, 0.05) is 35.8 Å². The number of carbonyl (C=O) groups is 1. The molecule has 1 amide bonds. The van der Waals surface area contributed by atoms with Gasteiger partial charge in [0.15, 0.2) is 5.13 Å². The minimum Gasteiger partial charge on any atom is -0.361 e. The van der Waals surface area contributed by atoms with Gasteiger partial charge in [0.05, 0.1) is 5.69 Å². The first-order chi connectivity index (χ1) is 11.7. The lowest BCUT2D eigenvalue weighted by Gasteiger charge is -2.03. The van der Waals surface area contributed by atoms with Gasteiger partial charge in [0.25, 0.3) is 0 Å². The Morgan fingerprint density at radius 2 is 2.00 bits per heavy atom. The standard InChI is InChI=1S/C18H19N3OS2/c1-13(22)20-11-14-4-6-15(7-5-14)17-12-24-18(21-17)19-9-8-16-3-2-10-23-16/h2-7,10,12H,8-9,11H2,1H3,(H,19,21)(H,20,22). The molecule has 0 saturated carbocycles. The summed E-state index contributed by atoms with van der Waals surface area (Å²) in [4.78, 5) is 17.0. The number of nitrogens with one attached hydrogen (secondary N) is 2. The van der Waals surface area contributed by atoms with Gasteiger partial charge < -0.3 is 10.6 Å². The third kappa shape index (κ3) is 4.66. The molecule has 0 saturated heterocycles. The van der Waals surface area contributed by atoms with Gasteiger partial charge in [0.2, 0.25) is 5.91 Å². The lowest BCUT2D eigenvalue weighted by molar-refractivity contribution is -0.119. The molecule has 24 heavy (non-hydrogen) atoms. The largest absolute Gasteiger partial charge is 0.361 e. The third-order valence-corrected chi connectivity index (χ3v) is 5.26. The minimum absolute atomic E-state index is 0.0168. The molecule has 0 radical (unpaired) electrons. The molecule has 6 heteroatoms. The van der Waals surface area contributed by atoms with Crippen molar-refractivity contribution in [1.29, 1.82) is 0 Å².